The Hall–Kier alpha value is -3.33. The van der Waals surface area contributed by atoms with Gasteiger partial charge in [-0.2, -0.15) is 4.98 Å². The molecule has 2 heterocycles. The second-order valence-electron chi connectivity index (χ2n) is 7.96. The number of ether oxygens (including phenoxy) is 1. The summed E-state index contributed by atoms with van der Waals surface area (Å²) < 4.78 is 7.42. The van der Waals surface area contributed by atoms with Crippen LogP contribution < -0.4 is 11.0 Å². The number of aliphatic hydroxyl groups is 2. The molecule has 166 valence electrons. The van der Waals surface area contributed by atoms with Crippen LogP contribution in [0, 0.1) is 6.92 Å². The average molecular weight is 435 g/mol. The second kappa shape index (κ2) is 9.04. The lowest BCUT2D eigenvalue weighted by Crippen LogP contribution is -2.44. The number of aryl methyl sites for hydroxylation is 1. The number of anilines is 1. The molecule has 0 bridgehead atoms. The highest BCUT2D eigenvalue weighted by Gasteiger charge is 2.48. The van der Waals surface area contributed by atoms with E-state index in [1.54, 1.807) is 37.4 Å². The molecule has 0 aliphatic carbocycles. The Bertz CT molecular complexity index is 1150. The first kappa shape index (κ1) is 21.9. The Morgan fingerprint density at radius 1 is 1.19 bits per heavy atom. The molecule has 2 aromatic carbocycles. The molecule has 0 saturated carbocycles. The van der Waals surface area contributed by atoms with Gasteiger partial charge in [0.25, 0.3) is 5.91 Å². The zero-order chi connectivity index (χ0) is 22.7. The zero-order valence-electron chi connectivity index (χ0n) is 17.6. The van der Waals surface area contributed by atoms with Gasteiger partial charge in [-0.25, -0.2) is 4.79 Å². The van der Waals surface area contributed by atoms with Crippen LogP contribution in [0.5, 0.6) is 0 Å². The van der Waals surface area contributed by atoms with Crippen molar-refractivity contribution in [2.75, 3.05) is 11.9 Å². The van der Waals surface area contributed by atoms with E-state index in [1.807, 2.05) is 36.4 Å². The van der Waals surface area contributed by atoms with Gasteiger partial charge in [-0.05, 0) is 24.6 Å². The lowest BCUT2D eigenvalue weighted by Gasteiger charge is -2.31. The first-order chi connectivity index (χ1) is 15.4. The van der Waals surface area contributed by atoms with Crippen LogP contribution in [-0.4, -0.2) is 44.5 Å². The van der Waals surface area contributed by atoms with E-state index in [0.717, 1.165) is 5.56 Å². The number of benzene rings is 2. The molecular formula is C24H25N3O5. The molecule has 1 aliphatic rings. The summed E-state index contributed by atoms with van der Waals surface area (Å²) in [6.07, 6.45) is 0.240. The van der Waals surface area contributed by atoms with Gasteiger partial charge in [-0.3, -0.25) is 9.36 Å². The minimum Gasteiger partial charge on any atom is -0.394 e. The van der Waals surface area contributed by atoms with E-state index in [4.69, 9.17) is 4.74 Å². The van der Waals surface area contributed by atoms with E-state index in [-0.39, 0.29) is 24.8 Å². The van der Waals surface area contributed by atoms with Crippen LogP contribution in [0.25, 0.3) is 0 Å². The van der Waals surface area contributed by atoms with Crippen LogP contribution in [-0.2, 0) is 16.9 Å². The Kier molecular flexibility index (Phi) is 6.18. The molecule has 1 saturated heterocycles. The normalized spacial score (nSPS) is 22.6. The molecule has 1 aromatic heterocycles. The quantitative estimate of drug-likeness (QED) is 0.545. The third-order valence-electron chi connectivity index (χ3n) is 5.65. The van der Waals surface area contributed by atoms with Crippen molar-refractivity contribution < 1.29 is 19.7 Å². The number of aliphatic hydroxyl groups excluding tert-OH is 2. The number of aromatic nitrogens is 2. The van der Waals surface area contributed by atoms with Crippen LogP contribution in [0.2, 0.25) is 0 Å². The SMILES string of the molecule is Cc1cn([C@@]2(Cc3ccccc3)C[C@H](O)[C@@H](CO)O2)c(=O)nc1NC(=O)c1ccccc1. The Balaban J connectivity index is 1.70. The van der Waals surface area contributed by atoms with Gasteiger partial charge in [0.15, 0.2) is 5.72 Å². The van der Waals surface area contributed by atoms with Crippen LogP contribution >= 0.6 is 0 Å². The summed E-state index contributed by atoms with van der Waals surface area (Å²) in [5.41, 5.74) is 0.0774. The van der Waals surface area contributed by atoms with Crippen LogP contribution in [0.3, 0.4) is 0 Å². The molecule has 8 heteroatoms. The van der Waals surface area contributed by atoms with E-state index < -0.39 is 23.6 Å². The highest BCUT2D eigenvalue weighted by atomic mass is 16.6. The van der Waals surface area contributed by atoms with Crippen molar-refractivity contribution in [1.82, 2.24) is 9.55 Å². The van der Waals surface area contributed by atoms with Gasteiger partial charge in [0.1, 0.15) is 11.9 Å². The summed E-state index contributed by atoms with van der Waals surface area (Å²) in [6, 6.07) is 18.1. The molecule has 3 N–H and O–H groups in total. The van der Waals surface area contributed by atoms with Crippen molar-refractivity contribution in [3.8, 4) is 0 Å². The maximum absolute atomic E-state index is 13.1. The number of hydrogen-bond acceptors (Lipinski definition) is 6. The number of nitrogens with zero attached hydrogens (tertiary/aromatic N) is 2. The Morgan fingerprint density at radius 2 is 1.84 bits per heavy atom. The number of hydrogen-bond donors (Lipinski definition) is 3. The molecule has 3 aromatic rings. The van der Waals surface area contributed by atoms with Crippen LogP contribution in [0.4, 0.5) is 5.82 Å². The van der Waals surface area contributed by atoms with Crippen LogP contribution in [0.1, 0.15) is 27.9 Å². The molecule has 1 fully saturated rings. The number of carbonyl (C=O) groups excluding carboxylic acids is 1. The zero-order valence-corrected chi connectivity index (χ0v) is 17.6. The molecule has 8 nitrogen and oxygen atoms in total. The summed E-state index contributed by atoms with van der Waals surface area (Å²) in [5, 5.41) is 22.7. The minimum atomic E-state index is -1.22. The van der Waals surface area contributed by atoms with E-state index in [1.165, 1.54) is 4.57 Å². The fraction of sp³-hybridized carbons (Fsp3) is 0.292. The maximum atomic E-state index is 13.1. The van der Waals surface area contributed by atoms with Gasteiger partial charge in [-0.1, -0.05) is 48.5 Å². The van der Waals surface area contributed by atoms with Gasteiger partial charge >= 0.3 is 5.69 Å². The highest BCUT2D eigenvalue weighted by Crippen LogP contribution is 2.37. The molecule has 32 heavy (non-hydrogen) atoms. The Morgan fingerprint density at radius 3 is 2.47 bits per heavy atom. The van der Waals surface area contributed by atoms with Gasteiger partial charge in [-0.15, -0.1) is 0 Å². The molecule has 0 radical (unpaired) electrons. The molecule has 0 spiro atoms. The second-order valence-corrected chi connectivity index (χ2v) is 7.96. The molecule has 3 atom stereocenters. The fourth-order valence-corrected chi connectivity index (χ4v) is 4.03. The van der Waals surface area contributed by atoms with Gasteiger partial charge in [0.2, 0.25) is 0 Å². The third-order valence-corrected chi connectivity index (χ3v) is 5.65. The number of nitrogens with one attached hydrogen (secondary N) is 1. The first-order valence-electron chi connectivity index (χ1n) is 10.4. The monoisotopic (exact) mass is 435 g/mol. The van der Waals surface area contributed by atoms with Crippen molar-refractivity contribution in [1.29, 1.82) is 0 Å². The molecule has 1 amide bonds. The fourth-order valence-electron chi connectivity index (χ4n) is 4.03. The maximum Gasteiger partial charge on any atom is 0.351 e. The lowest BCUT2D eigenvalue weighted by atomic mass is 9.97. The summed E-state index contributed by atoms with van der Waals surface area (Å²) >= 11 is 0. The predicted molar refractivity (Wildman–Crippen MR) is 118 cm³/mol. The van der Waals surface area contributed by atoms with Gasteiger partial charge < -0.3 is 20.3 Å². The van der Waals surface area contributed by atoms with Crippen molar-refractivity contribution in [2.24, 2.45) is 0 Å². The number of rotatable bonds is 6. The molecular weight excluding hydrogens is 410 g/mol. The van der Waals surface area contributed by atoms with E-state index in [0.29, 0.717) is 17.5 Å². The summed E-state index contributed by atoms with van der Waals surface area (Å²) in [4.78, 5) is 29.7. The summed E-state index contributed by atoms with van der Waals surface area (Å²) in [7, 11) is 0. The predicted octanol–water partition coefficient (Wildman–Crippen LogP) is 1.84. The van der Waals surface area contributed by atoms with Crippen molar-refractivity contribution in [3.05, 3.63) is 94.0 Å². The molecule has 1 aliphatic heterocycles. The minimum absolute atomic E-state index is 0.115. The molecule has 4 rings (SSSR count). The van der Waals surface area contributed by atoms with Crippen molar-refractivity contribution >= 4 is 11.7 Å². The largest absolute Gasteiger partial charge is 0.394 e. The number of carbonyl (C=O) groups is 1. The average Bonchev–Trinajstić information content (AvgIpc) is 3.13. The number of amides is 1. The highest BCUT2D eigenvalue weighted by molar-refractivity contribution is 6.03. The first-order valence-corrected chi connectivity index (χ1v) is 10.4. The van der Waals surface area contributed by atoms with Crippen molar-refractivity contribution in [2.45, 2.75) is 37.7 Å². The summed E-state index contributed by atoms with van der Waals surface area (Å²) in [6.45, 7) is 1.36. The summed E-state index contributed by atoms with van der Waals surface area (Å²) in [5.74, 6) is -0.211. The van der Waals surface area contributed by atoms with Crippen molar-refractivity contribution in [3.63, 3.8) is 0 Å². The third kappa shape index (κ3) is 4.34. The van der Waals surface area contributed by atoms with Gasteiger partial charge in [0, 0.05) is 30.2 Å². The van der Waals surface area contributed by atoms with Gasteiger partial charge in [0.05, 0.1) is 12.7 Å². The van der Waals surface area contributed by atoms with Crippen LogP contribution in [0.15, 0.2) is 71.7 Å². The van der Waals surface area contributed by atoms with E-state index in [2.05, 4.69) is 10.3 Å². The molecule has 0 unspecified atom stereocenters. The van der Waals surface area contributed by atoms with E-state index in [9.17, 15) is 19.8 Å². The smallest absolute Gasteiger partial charge is 0.351 e. The standard InChI is InChI=1S/C24H25N3O5/c1-16-14-27(23(31)26-21(16)25-22(30)18-10-6-3-7-11-18)24(12-17-8-4-2-5-9-17)13-19(29)20(15-28)32-24/h2-11,14,19-20,28-29H,12-13,15H2,1H3,(H,25,26,30,31)/t19-,20+,24+/m0/s1. The Labute approximate surface area is 185 Å². The lowest BCUT2D eigenvalue weighted by molar-refractivity contribution is -0.119. The topological polar surface area (TPSA) is 114 Å². The van der Waals surface area contributed by atoms with E-state index >= 15 is 0 Å².